The van der Waals surface area contributed by atoms with Gasteiger partial charge in [-0.05, 0) is 36.8 Å². The van der Waals surface area contributed by atoms with Gasteiger partial charge in [0.1, 0.15) is 5.82 Å². The molecule has 0 aliphatic rings. The number of nitrogens with one attached hydrogen (secondary N) is 1. The number of rotatable bonds is 4. The zero-order chi connectivity index (χ0) is 13.8. The van der Waals surface area contributed by atoms with Crippen LogP contribution >= 0.6 is 23.2 Å². The molecule has 0 heterocycles. The zero-order valence-electron chi connectivity index (χ0n) is 10.5. The minimum Gasteiger partial charge on any atom is -0.306 e. The van der Waals surface area contributed by atoms with E-state index in [1.54, 1.807) is 18.2 Å². The van der Waals surface area contributed by atoms with Crippen LogP contribution in [-0.4, -0.2) is 0 Å². The van der Waals surface area contributed by atoms with E-state index < -0.39 is 0 Å². The highest BCUT2D eigenvalue weighted by Gasteiger charge is 2.09. The van der Waals surface area contributed by atoms with Crippen molar-refractivity contribution in [2.45, 2.75) is 19.5 Å². The Morgan fingerprint density at radius 3 is 2.37 bits per heavy atom. The van der Waals surface area contributed by atoms with Gasteiger partial charge in [0.05, 0.1) is 0 Å². The highest BCUT2D eigenvalue weighted by Crippen LogP contribution is 2.25. The van der Waals surface area contributed by atoms with Crippen LogP contribution in [0.15, 0.2) is 42.5 Å². The lowest BCUT2D eigenvalue weighted by atomic mass is 10.1. The molecule has 2 rings (SSSR count). The third kappa shape index (κ3) is 3.69. The molecule has 2 aromatic rings. The smallest absolute Gasteiger partial charge is 0.123 e. The molecule has 100 valence electrons. The number of benzene rings is 2. The van der Waals surface area contributed by atoms with Gasteiger partial charge in [-0.15, -0.1) is 0 Å². The van der Waals surface area contributed by atoms with Gasteiger partial charge in [0.2, 0.25) is 0 Å². The van der Waals surface area contributed by atoms with E-state index in [0.29, 0.717) is 16.6 Å². The normalized spacial score (nSPS) is 12.4. The summed E-state index contributed by atoms with van der Waals surface area (Å²) in [6.07, 6.45) is 0. The van der Waals surface area contributed by atoms with Crippen molar-refractivity contribution in [3.8, 4) is 0 Å². The van der Waals surface area contributed by atoms with E-state index >= 15 is 0 Å². The van der Waals surface area contributed by atoms with E-state index in [1.165, 1.54) is 12.1 Å². The quantitative estimate of drug-likeness (QED) is 0.839. The van der Waals surface area contributed by atoms with Crippen LogP contribution < -0.4 is 5.32 Å². The minimum atomic E-state index is -0.234. The van der Waals surface area contributed by atoms with Crippen LogP contribution in [0, 0.1) is 5.82 Å². The van der Waals surface area contributed by atoms with Crippen molar-refractivity contribution in [1.82, 2.24) is 5.32 Å². The SMILES string of the molecule is C[C@H](NCc1c(Cl)cccc1Cl)c1cccc(F)c1. The molecule has 19 heavy (non-hydrogen) atoms. The molecule has 0 spiro atoms. The predicted molar refractivity (Wildman–Crippen MR) is 78.1 cm³/mol. The van der Waals surface area contributed by atoms with E-state index in [9.17, 15) is 4.39 Å². The molecule has 0 aromatic heterocycles. The van der Waals surface area contributed by atoms with Crippen LogP contribution in [0.25, 0.3) is 0 Å². The van der Waals surface area contributed by atoms with E-state index in [4.69, 9.17) is 23.2 Å². The summed E-state index contributed by atoms with van der Waals surface area (Å²) >= 11 is 12.2. The second-order valence-electron chi connectivity index (χ2n) is 4.36. The highest BCUT2D eigenvalue weighted by molar-refractivity contribution is 6.35. The molecule has 0 saturated carbocycles. The summed E-state index contributed by atoms with van der Waals surface area (Å²) in [5.41, 5.74) is 1.75. The summed E-state index contributed by atoms with van der Waals surface area (Å²) in [4.78, 5) is 0. The minimum absolute atomic E-state index is 0.0167. The summed E-state index contributed by atoms with van der Waals surface area (Å²) in [5, 5.41) is 4.55. The fourth-order valence-corrected chi connectivity index (χ4v) is 2.38. The maximum atomic E-state index is 13.1. The average molecular weight is 298 g/mol. The first-order valence-electron chi connectivity index (χ1n) is 5.99. The maximum Gasteiger partial charge on any atom is 0.123 e. The number of hydrogen-bond acceptors (Lipinski definition) is 1. The lowest BCUT2D eigenvalue weighted by Gasteiger charge is -2.15. The van der Waals surface area contributed by atoms with Gasteiger partial charge in [-0.1, -0.05) is 41.4 Å². The van der Waals surface area contributed by atoms with E-state index in [-0.39, 0.29) is 11.9 Å². The molecule has 0 unspecified atom stereocenters. The molecule has 1 N–H and O–H groups in total. The summed E-state index contributed by atoms with van der Waals surface area (Å²) < 4.78 is 13.1. The van der Waals surface area contributed by atoms with Gasteiger partial charge >= 0.3 is 0 Å². The highest BCUT2D eigenvalue weighted by atomic mass is 35.5. The Balaban J connectivity index is 2.06. The summed E-state index contributed by atoms with van der Waals surface area (Å²) in [5.74, 6) is -0.234. The van der Waals surface area contributed by atoms with E-state index in [1.807, 2.05) is 19.1 Å². The topological polar surface area (TPSA) is 12.0 Å². The Morgan fingerprint density at radius 2 is 1.74 bits per heavy atom. The zero-order valence-corrected chi connectivity index (χ0v) is 12.0. The van der Waals surface area contributed by atoms with E-state index in [0.717, 1.165) is 11.1 Å². The molecule has 0 bridgehead atoms. The molecule has 1 nitrogen and oxygen atoms in total. The van der Waals surface area contributed by atoms with Crippen LogP contribution in [-0.2, 0) is 6.54 Å². The molecule has 0 aliphatic carbocycles. The van der Waals surface area contributed by atoms with Crippen molar-refractivity contribution >= 4 is 23.2 Å². The molecule has 0 aliphatic heterocycles. The molecule has 0 fully saturated rings. The summed E-state index contributed by atoms with van der Waals surface area (Å²) in [7, 11) is 0. The van der Waals surface area contributed by atoms with Crippen LogP contribution in [0.3, 0.4) is 0 Å². The third-order valence-electron chi connectivity index (χ3n) is 3.00. The summed E-state index contributed by atoms with van der Waals surface area (Å²) in [6.45, 7) is 2.51. The van der Waals surface area contributed by atoms with Crippen LogP contribution in [0.4, 0.5) is 4.39 Å². The second-order valence-corrected chi connectivity index (χ2v) is 5.17. The van der Waals surface area contributed by atoms with Crippen molar-refractivity contribution in [2.24, 2.45) is 0 Å². The van der Waals surface area contributed by atoms with Crippen molar-refractivity contribution < 1.29 is 4.39 Å². The lowest BCUT2D eigenvalue weighted by molar-refractivity contribution is 0.565. The molecule has 0 saturated heterocycles. The summed E-state index contributed by atoms with van der Waals surface area (Å²) in [6, 6.07) is 12.0. The lowest BCUT2D eigenvalue weighted by Crippen LogP contribution is -2.18. The molecule has 2 aromatic carbocycles. The molecular weight excluding hydrogens is 284 g/mol. The Bertz CT molecular complexity index is 552. The Morgan fingerprint density at radius 1 is 1.11 bits per heavy atom. The van der Waals surface area contributed by atoms with Gasteiger partial charge < -0.3 is 5.32 Å². The van der Waals surface area contributed by atoms with Gasteiger partial charge in [0.25, 0.3) is 0 Å². The third-order valence-corrected chi connectivity index (χ3v) is 3.70. The predicted octanol–water partition coefficient (Wildman–Crippen LogP) is 4.98. The standard InChI is InChI=1S/C15H14Cl2FN/c1-10(11-4-2-5-12(18)8-11)19-9-13-14(16)6-3-7-15(13)17/h2-8,10,19H,9H2,1H3/t10-/m0/s1. The van der Waals surface area contributed by atoms with Gasteiger partial charge in [0.15, 0.2) is 0 Å². The number of hydrogen-bond donors (Lipinski definition) is 1. The van der Waals surface area contributed by atoms with Crippen LogP contribution in [0.1, 0.15) is 24.1 Å². The van der Waals surface area contributed by atoms with Gasteiger partial charge in [-0.2, -0.15) is 0 Å². The molecular formula is C15H14Cl2FN. The largest absolute Gasteiger partial charge is 0.306 e. The molecule has 1 atom stereocenters. The van der Waals surface area contributed by atoms with Crippen molar-refractivity contribution in [2.75, 3.05) is 0 Å². The van der Waals surface area contributed by atoms with Crippen molar-refractivity contribution in [1.29, 1.82) is 0 Å². The first-order chi connectivity index (χ1) is 9.08. The molecule has 4 heteroatoms. The van der Waals surface area contributed by atoms with Gasteiger partial charge in [-0.3, -0.25) is 0 Å². The maximum absolute atomic E-state index is 13.1. The second kappa shape index (κ2) is 6.38. The van der Waals surface area contributed by atoms with Crippen molar-refractivity contribution in [3.05, 3.63) is 69.5 Å². The first kappa shape index (κ1) is 14.3. The first-order valence-corrected chi connectivity index (χ1v) is 6.75. The Kier molecular flexibility index (Phi) is 4.81. The molecule has 0 radical (unpaired) electrons. The number of halogens is 3. The average Bonchev–Trinajstić information content (AvgIpc) is 2.38. The molecule has 0 amide bonds. The van der Waals surface area contributed by atoms with Gasteiger partial charge in [0, 0.05) is 28.2 Å². The fraction of sp³-hybridized carbons (Fsp3) is 0.200. The van der Waals surface area contributed by atoms with Gasteiger partial charge in [-0.25, -0.2) is 4.39 Å². The Labute approximate surface area is 122 Å². The van der Waals surface area contributed by atoms with Crippen molar-refractivity contribution in [3.63, 3.8) is 0 Å². The monoisotopic (exact) mass is 297 g/mol. The Hall–Kier alpha value is -1.09. The fourth-order valence-electron chi connectivity index (χ4n) is 1.85. The van der Waals surface area contributed by atoms with Crippen LogP contribution in [0.5, 0.6) is 0 Å². The van der Waals surface area contributed by atoms with Crippen LogP contribution in [0.2, 0.25) is 10.0 Å². The van der Waals surface area contributed by atoms with E-state index in [2.05, 4.69) is 5.32 Å².